The van der Waals surface area contributed by atoms with Crippen LogP contribution in [0.4, 0.5) is 11.4 Å². The van der Waals surface area contributed by atoms with E-state index in [0.717, 1.165) is 109 Å². The van der Waals surface area contributed by atoms with Gasteiger partial charge in [0.15, 0.2) is 0 Å². The van der Waals surface area contributed by atoms with Crippen LogP contribution in [-0.2, 0) is 22.4 Å². The number of anilines is 2. The van der Waals surface area contributed by atoms with E-state index in [1.54, 1.807) is 6.07 Å². The van der Waals surface area contributed by atoms with Gasteiger partial charge in [-0.2, -0.15) is 0 Å². The first kappa shape index (κ1) is 27.6. The summed E-state index contributed by atoms with van der Waals surface area (Å²) in [5.41, 5.74) is 6.66. The number of aromatic nitrogens is 3. The Balaban J connectivity index is 1.06. The zero-order valence-electron chi connectivity index (χ0n) is 24.3. The quantitative estimate of drug-likeness (QED) is 0.290. The molecule has 10 heteroatoms. The van der Waals surface area contributed by atoms with Gasteiger partial charge in [0.25, 0.3) is 0 Å². The second-order valence-corrected chi connectivity index (χ2v) is 11.3. The van der Waals surface area contributed by atoms with Gasteiger partial charge in [-0.05, 0) is 42.8 Å². The number of aromatic amines is 1. The molecule has 2 fully saturated rings. The Kier molecular flexibility index (Phi) is 7.80. The fourth-order valence-electron chi connectivity index (χ4n) is 5.96. The lowest BCUT2D eigenvalue weighted by molar-refractivity contribution is 0.0341. The highest BCUT2D eigenvalue weighted by molar-refractivity contribution is 5.74. The average molecular weight is 581 g/mol. The summed E-state index contributed by atoms with van der Waals surface area (Å²) in [5, 5.41) is 3.55. The van der Waals surface area contributed by atoms with Gasteiger partial charge >= 0.3 is 0 Å². The number of para-hydroxylation sites is 1. The third-order valence-electron chi connectivity index (χ3n) is 8.25. The van der Waals surface area contributed by atoms with Crippen LogP contribution in [0.5, 0.6) is 11.5 Å². The molecule has 3 aliphatic heterocycles. The van der Waals surface area contributed by atoms with E-state index in [0.29, 0.717) is 13.2 Å². The molecule has 1 unspecified atom stereocenters. The van der Waals surface area contributed by atoms with Crippen molar-refractivity contribution >= 4 is 11.4 Å². The van der Waals surface area contributed by atoms with Gasteiger partial charge in [0.05, 0.1) is 38.2 Å². The van der Waals surface area contributed by atoms with E-state index >= 15 is 0 Å². The first-order chi connectivity index (χ1) is 21.1. The van der Waals surface area contributed by atoms with Crippen molar-refractivity contribution < 1.29 is 14.2 Å². The van der Waals surface area contributed by atoms with E-state index in [1.807, 2.05) is 42.7 Å². The highest BCUT2D eigenvalue weighted by Crippen LogP contribution is 2.43. The molecule has 10 nitrogen and oxygen atoms in total. The molecule has 4 aromatic rings. The van der Waals surface area contributed by atoms with Gasteiger partial charge in [-0.1, -0.05) is 12.1 Å². The van der Waals surface area contributed by atoms with E-state index in [1.165, 1.54) is 0 Å². The predicted molar refractivity (Wildman–Crippen MR) is 165 cm³/mol. The Morgan fingerprint density at radius 2 is 1.70 bits per heavy atom. The molecule has 1 atom stereocenters. The first-order valence-corrected chi connectivity index (χ1v) is 15.0. The number of rotatable bonds is 7. The maximum atomic E-state index is 12.6. The van der Waals surface area contributed by atoms with Gasteiger partial charge in [0.2, 0.25) is 5.56 Å². The molecule has 5 heterocycles. The number of fused-ring (bicyclic) bond motifs is 2. The molecule has 0 radical (unpaired) electrons. The molecule has 7 rings (SSSR count). The predicted octanol–water partition coefficient (Wildman–Crippen LogP) is 4.37. The van der Waals surface area contributed by atoms with Crippen LogP contribution in [0.25, 0.3) is 11.3 Å². The Morgan fingerprint density at radius 3 is 2.49 bits per heavy atom. The summed E-state index contributed by atoms with van der Waals surface area (Å²) in [7, 11) is 0. The summed E-state index contributed by atoms with van der Waals surface area (Å²) in [6, 6.07) is 15.9. The lowest BCUT2D eigenvalue weighted by Gasteiger charge is -2.29. The Labute approximate surface area is 250 Å². The van der Waals surface area contributed by atoms with E-state index in [2.05, 4.69) is 49.1 Å². The highest BCUT2D eigenvalue weighted by atomic mass is 16.5. The molecule has 222 valence electrons. The summed E-state index contributed by atoms with van der Waals surface area (Å²) in [6.07, 6.45) is 4.58. The Morgan fingerprint density at radius 1 is 0.930 bits per heavy atom. The second kappa shape index (κ2) is 12.2. The van der Waals surface area contributed by atoms with Crippen LogP contribution in [0, 0.1) is 0 Å². The SMILES string of the molecule is CC(Nc1ccc2c(c1)Cc1cccc(-c3cc(N4CCOCC4)cc(=O)[nH]3)c1O2)c1ncc(CN2CCOCC2)cn1. The van der Waals surface area contributed by atoms with Crippen molar-refractivity contribution in [1.29, 1.82) is 0 Å². The lowest BCUT2D eigenvalue weighted by Crippen LogP contribution is -2.36. The Bertz CT molecular complexity index is 1640. The van der Waals surface area contributed by atoms with Crippen LogP contribution in [0.1, 0.15) is 35.5 Å². The number of benzene rings is 2. The number of ether oxygens (including phenoxy) is 3. The lowest BCUT2D eigenvalue weighted by atomic mass is 9.96. The minimum atomic E-state index is -0.131. The normalized spacial score (nSPS) is 17.5. The third-order valence-corrected chi connectivity index (χ3v) is 8.25. The smallest absolute Gasteiger partial charge is 0.250 e. The molecular weight excluding hydrogens is 544 g/mol. The zero-order valence-corrected chi connectivity index (χ0v) is 24.3. The summed E-state index contributed by atoms with van der Waals surface area (Å²) < 4.78 is 17.4. The standard InChI is InChI=1S/C33H36N6O4/c1-22(33-34-19-23(20-35-33)21-38-7-11-41-12-8-38)36-26-5-6-30-25(16-26)15-24-3-2-4-28(32(24)43-30)29-17-27(18-31(40)37-29)39-9-13-42-14-10-39/h2-6,16-20,22,36H,7-15,21H2,1H3,(H,37,40). The van der Waals surface area contributed by atoms with Gasteiger partial charge in [0, 0.05) is 85.7 Å². The van der Waals surface area contributed by atoms with Crippen molar-refractivity contribution in [2.24, 2.45) is 0 Å². The molecule has 0 aliphatic carbocycles. The van der Waals surface area contributed by atoms with Crippen molar-refractivity contribution in [2.45, 2.75) is 25.9 Å². The zero-order chi connectivity index (χ0) is 29.2. The molecule has 0 saturated carbocycles. The molecule has 0 bridgehead atoms. The van der Waals surface area contributed by atoms with Crippen LogP contribution < -0.4 is 20.5 Å². The summed E-state index contributed by atoms with van der Waals surface area (Å²) in [6.45, 7) is 9.20. The largest absolute Gasteiger partial charge is 0.456 e. The van der Waals surface area contributed by atoms with Crippen LogP contribution in [0.3, 0.4) is 0 Å². The van der Waals surface area contributed by atoms with Crippen molar-refractivity contribution in [3.63, 3.8) is 0 Å². The number of hydrogen-bond acceptors (Lipinski definition) is 9. The van der Waals surface area contributed by atoms with Crippen molar-refractivity contribution in [1.82, 2.24) is 19.9 Å². The second-order valence-electron chi connectivity index (χ2n) is 11.3. The molecular formula is C33H36N6O4. The molecule has 43 heavy (non-hydrogen) atoms. The molecule has 2 aromatic heterocycles. The van der Waals surface area contributed by atoms with Gasteiger partial charge in [-0.3, -0.25) is 9.69 Å². The van der Waals surface area contributed by atoms with E-state index in [-0.39, 0.29) is 11.6 Å². The maximum absolute atomic E-state index is 12.6. The third kappa shape index (κ3) is 6.13. The van der Waals surface area contributed by atoms with Crippen molar-refractivity contribution in [3.05, 3.63) is 93.8 Å². The average Bonchev–Trinajstić information content (AvgIpc) is 3.04. The fourth-order valence-corrected chi connectivity index (χ4v) is 5.96. The van der Waals surface area contributed by atoms with Crippen molar-refractivity contribution in [2.75, 3.05) is 62.8 Å². The first-order valence-electron chi connectivity index (χ1n) is 15.0. The summed E-state index contributed by atoms with van der Waals surface area (Å²) in [5.74, 6) is 2.35. The van der Waals surface area contributed by atoms with Crippen LogP contribution >= 0.6 is 0 Å². The van der Waals surface area contributed by atoms with Crippen LogP contribution in [0.2, 0.25) is 0 Å². The van der Waals surface area contributed by atoms with E-state index < -0.39 is 0 Å². The van der Waals surface area contributed by atoms with Gasteiger partial charge in [-0.25, -0.2) is 9.97 Å². The van der Waals surface area contributed by atoms with E-state index in [4.69, 9.17) is 14.2 Å². The summed E-state index contributed by atoms with van der Waals surface area (Å²) >= 11 is 0. The van der Waals surface area contributed by atoms with E-state index in [9.17, 15) is 4.79 Å². The monoisotopic (exact) mass is 580 g/mol. The molecule has 3 aliphatic rings. The highest BCUT2D eigenvalue weighted by Gasteiger charge is 2.23. The minimum absolute atomic E-state index is 0.0607. The molecule has 0 amide bonds. The molecule has 2 aromatic carbocycles. The molecule has 2 saturated heterocycles. The van der Waals surface area contributed by atoms with Gasteiger partial charge < -0.3 is 29.4 Å². The molecule has 2 N–H and O–H groups in total. The topological polar surface area (TPSA) is 105 Å². The fraction of sp³-hybridized carbons (Fsp3) is 0.364. The van der Waals surface area contributed by atoms with Crippen LogP contribution in [0.15, 0.2) is 65.7 Å². The number of H-pyrrole nitrogens is 1. The minimum Gasteiger partial charge on any atom is -0.456 e. The van der Waals surface area contributed by atoms with Gasteiger partial charge in [0.1, 0.15) is 17.3 Å². The van der Waals surface area contributed by atoms with Gasteiger partial charge in [-0.15, -0.1) is 0 Å². The number of morpholine rings is 2. The molecule has 0 spiro atoms. The van der Waals surface area contributed by atoms with Crippen LogP contribution in [-0.4, -0.2) is 72.5 Å². The summed E-state index contributed by atoms with van der Waals surface area (Å²) in [4.78, 5) is 29.5. The van der Waals surface area contributed by atoms with Crippen molar-refractivity contribution in [3.8, 4) is 22.8 Å². The maximum Gasteiger partial charge on any atom is 0.250 e. The number of nitrogens with zero attached hydrogens (tertiary/aromatic N) is 4. The number of nitrogens with one attached hydrogen (secondary N) is 2. The number of hydrogen-bond donors (Lipinski definition) is 2. The Hall–Kier alpha value is -4.25. The number of pyridine rings is 1.